The number of anilines is 1. The summed E-state index contributed by atoms with van der Waals surface area (Å²) in [5.74, 6) is 0.0645. The maximum Gasteiger partial charge on any atom is 0.271 e. The monoisotopic (exact) mass is 454 g/mol. The predicted octanol–water partition coefficient (Wildman–Crippen LogP) is 4.74. The number of halogens is 1. The van der Waals surface area contributed by atoms with Crippen molar-refractivity contribution in [2.75, 3.05) is 11.9 Å². The van der Waals surface area contributed by atoms with Gasteiger partial charge in [0.15, 0.2) is 10.9 Å². The van der Waals surface area contributed by atoms with Crippen LogP contribution in [0.2, 0.25) is 5.02 Å². The van der Waals surface area contributed by atoms with Gasteiger partial charge in [0.05, 0.1) is 11.2 Å². The Balaban J connectivity index is 1.49. The molecule has 0 saturated carbocycles. The Morgan fingerprint density at radius 2 is 1.77 bits per heavy atom. The molecule has 1 heterocycles. The number of benzene rings is 2. The van der Waals surface area contributed by atoms with Crippen LogP contribution in [0.15, 0.2) is 66.0 Å². The molecule has 2 N–H and O–H groups in total. The molecule has 0 bridgehead atoms. The van der Waals surface area contributed by atoms with Crippen LogP contribution in [-0.2, 0) is 17.0 Å². The summed E-state index contributed by atoms with van der Waals surface area (Å²) in [7, 11) is 0. The highest BCUT2D eigenvalue weighted by Gasteiger charge is 2.15. The van der Waals surface area contributed by atoms with E-state index in [2.05, 4.69) is 27.5 Å². The van der Waals surface area contributed by atoms with Crippen LogP contribution in [0.3, 0.4) is 0 Å². The van der Waals surface area contributed by atoms with E-state index in [0.29, 0.717) is 10.9 Å². The van der Waals surface area contributed by atoms with Crippen LogP contribution in [0.1, 0.15) is 35.0 Å². The molecule has 0 unspecified atom stereocenters. The summed E-state index contributed by atoms with van der Waals surface area (Å²) in [6.45, 7) is 2.25. The smallest absolute Gasteiger partial charge is 0.271 e. The third kappa shape index (κ3) is 7.08. The van der Waals surface area contributed by atoms with E-state index in [1.54, 1.807) is 0 Å². The molecule has 0 spiro atoms. The molecule has 31 heavy (non-hydrogen) atoms. The Labute approximate surface area is 190 Å². The first kappa shape index (κ1) is 22.8. The number of amides is 2. The van der Waals surface area contributed by atoms with Gasteiger partial charge in [-0.1, -0.05) is 72.8 Å². The van der Waals surface area contributed by atoms with E-state index in [0.717, 1.165) is 17.7 Å². The molecular weight excluding hydrogens is 432 g/mol. The highest BCUT2D eigenvalue weighted by atomic mass is 35.5. The third-order valence-corrected chi connectivity index (χ3v) is 5.64. The average molecular weight is 455 g/mol. The number of aryl methyl sites for hydroxylation is 1. The standard InChI is InChI=1S/C23H23ClN4O2S/c1-2-16-8-10-18(11-9-16)27-20(29)12-13-25-22(30)21-19(24)14-26-23(28-21)31-15-17-6-4-3-5-7-17/h3-11,14H,2,12-13,15H2,1H3,(H,25,30)(H,27,29). The summed E-state index contributed by atoms with van der Waals surface area (Å²) in [4.78, 5) is 33.0. The minimum atomic E-state index is -0.436. The van der Waals surface area contributed by atoms with Crippen LogP contribution in [-0.4, -0.2) is 28.3 Å². The van der Waals surface area contributed by atoms with Crippen LogP contribution in [0.4, 0.5) is 5.69 Å². The number of thioether (sulfide) groups is 1. The first-order valence-corrected chi connectivity index (χ1v) is 11.3. The minimum Gasteiger partial charge on any atom is -0.350 e. The van der Waals surface area contributed by atoms with Gasteiger partial charge in [0.25, 0.3) is 5.91 Å². The fourth-order valence-electron chi connectivity index (χ4n) is 2.72. The lowest BCUT2D eigenvalue weighted by atomic mass is 10.1. The van der Waals surface area contributed by atoms with E-state index in [1.807, 2.05) is 54.6 Å². The summed E-state index contributed by atoms with van der Waals surface area (Å²) in [6.07, 6.45) is 2.50. The molecule has 0 saturated heterocycles. The molecule has 0 atom stereocenters. The highest BCUT2D eigenvalue weighted by molar-refractivity contribution is 7.98. The Morgan fingerprint density at radius 1 is 1.03 bits per heavy atom. The number of aromatic nitrogens is 2. The van der Waals surface area contributed by atoms with Crippen molar-refractivity contribution >= 4 is 40.9 Å². The lowest BCUT2D eigenvalue weighted by Gasteiger charge is -2.08. The molecule has 0 fully saturated rings. The second-order valence-electron chi connectivity index (χ2n) is 6.73. The maximum atomic E-state index is 12.5. The molecule has 2 aromatic carbocycles. The Hall–Kier alpha value is -2.90. The number of carbonyl (C=O) groups is 2. The average Bonchev–Trinajstić information content (AvgIpc) is 2.79. The van der Waals surface area contributed by atoms with Crippen molar-refractivity contribution in [1.82, 2.24) is 15.3 Å². The van der Waals surface area contributed by atoms with Crippen LogP contribution in [0.25, 0.3) is 0 Å². The van der Waals surface area contributed by atoms with E-state index in [9.17, 15) is 9.59 Å². The van der Waals surface area contributed by atoms with E-state index >= 15 is 0 Å². The molecule has 3 rings (SSSR count). The molecule has 6 nitrogen and oxygen atoms in total. The molecule has 0 aliphatic carbocycles. The molecule has 0 aliphatic heterocycles. The van der Waals surface area contributed by atoms with Gasteiger partial charge in [-0.25, -0.2) is 9.97 Å². The molecule has 1 aromatic heterocycles. The maximum absolute atomic E-state index is 12.5. The Bertz CT molecular complexity index is 1030. The minimum absolute atomic E-state index is 0.0998. The van der Waals surface area contributed by atoms with Crippen LogP contribution in [0.5, 0.6) is 0 Å². The highest BCUT2D eigenvalue weighted by Crippen LogP contribution is 2.22. The van der Waals surface area contributed by atoms with Crippen molar-refractivity contribution in [2.24, 2.45) is 0 Å². The van der Waals surface area contributed by atoms with Gasteiger partial charge in [0.1, 0.15) is 0 Å². The van der Waals surface area contributed by atoms with Crippen molar-refractivity contribution in [3.8, 4) is 0 Å². The molecule has 3 aromatic rings. The lowest BCUT2D eigenvalue weighted by molar-refractivity contribution is -0.116. The topological polar surface area (TPSA) is 84.0 Å². The quantitative estimate of drug-likeness (QED) is 0.360. The number of hydrogen-bond donors (Lipinski definition) is 2. The fourth-order valence-corrected chi connectivity index (χ4v) is 3.67. The second kappa shape index (κ2) is 11.5. The van der Waals surface area contributed by atoms with Crippen LogP contribution in [0, 0.1) is 0 Å². The number of nitrogens with one attached hydrogen (secondary N) is 2. The summed E-state index contributed by atoms with van der Waals surface area (Å²) < 4.78 is 0. The van der Waals surface area contributed by atoms with Gasteiger partial charge in [-0.05, 0) is 29.7 Å². The fraction of sp³-hybridized carbons (Fsp3) is 0.217. The van der Waals surface area contributed by atoms with Crippen LogP contribution < -0.4 is 10.6 Å². The van der Waals surface area contributed by atoms with Gasteiger partial charge in [-0.15, -0.1) is 0 Å². The van der Waals surface area contributed by atoms with Crippen molar-refractivity contribution in [2.45, 2.75) is 30.7 Å². The lowest BCUT2D eigenvalue weighted by Crippen LogP contribution is -2.28. The Morgan fingerprint density at radius 3 is 2.48 bits per heavy atom. The molecular formula is C23H23ClN4O2S. The zero-order valence-corrected chi connectivity index (χ0v) is 18.7. The van der Waals surface area contributed by atoms with Crippen molar-refractivity contribution < 1.29 is 9.59 Å². The zero-order valence-electron chi connectivity index (χ0n) is 17.1. The number of carbonyl (C=O) groups excluding carboxylic acids is 2. The third-order valence-electron chi connectivity index (χ3n) is 4.43. The summed E-state index contributed by atoms with van der Waals surface area (Å²) in [6, 6.07) is 17.6. The van der Waals surface area contributed by atoms with Gasteiger partial charge in [0, 0.05) is 24.4 Å². The number of rotatable bonds is 9. The number of hydrogen-bond acceptors (Lipinski definition) is 5. The summed E-state index contributed by atoms with van der Waals surface area (Å²) in [5.41, 5.74) is 3.16. The van der Waals surface area contributed by atoms with E-state index in [1.165, 1.54) is 23.5 Å². The van der Waals surface area contributed by atoms with Crippen LogP contribution >= 0.6 is 23.4 Å². The van der Waals surface area contributed by atoms with Crippen molar-refractivity contribution in [1.29, 1.82) is 0 Å². The van der Waals surface area contributed by atoms with Crippen molar-refractivity contribution in [3.63, 3.8) is 0 Å². The van der Waals surface area contributed by atoms with Gasteiger partial charge < -0.3 is 10.6 Å². The van der Waals surface area contributed by atoms with E-state index in [4.69, 9.17) is 11.6 Å². The molecule has 160 valence electrons. The zero-order chi connectivity index (χ0) is 22.1. The van der Waals surface area contributed by atoms with Gasteiger partial charge in [0.2, 0.25) is 5.91 Å². The largest absolute Gasteiger partial charge is 0.350 e. The summed E-state index contributed by atoms with van der Waals surface area (Å²) in [5, 5.41) is 6.14. The SMILES string of the molecule is CCc1ccc(NC(=O)CCNC(=O)c2nc(SCc3ccccc3)ncc2Cl)cc1. The second-order valence-corrected chi connectivity index (χ2v) is 8.08. The molecule has 2 amide bonds. The van der Waals surface area contributed by atoms with E-state index in [-0.39, 0.29) is 29.6 Å². The molecule has 8 heteroatoms. The number of nitrogens with zero attached hydrogens (tertiary/aromatic N) is 2. The predicted molar refractivity (Wildman–Crippen MR) is 124 cm³/mol. The first-order chi connectivity index (χ1) is 15.0. The molecule has 0 radical (unpaired) electrons. The van der Waals surface area contributed by atoms with Crippen molar-refractivity contribution in [3.05, 3.63) is 82.6 Å². The summed E-state index contributed by atoms with van der Waals surface area (Å²) >= 11 is 7.53. The van der Waals surface area contributed by atoms with Gasteiger partial charge >= 0.3 is 0 Å². The van der Waals surface area contributed by atoms with E-state index < -0.39 is 5.91 Å². The van der Waals surface area contributed by atoms with Gasteiger partial charge in [-0.3, -0.25) is 9.59 Å². The molecule has 0 aliphatic rings. The van der Waals surface area contributed by atoms with Gasteiger partial charge in [-0.2, -0.15) is 0 Å². The first-order valence-electron chi connectivity index (χ1n) is 9.91. The normalized spacial score (nSPS) is 10.5. The Kier molecular flexibility index (Phi) is 8.44.